The molecule has 1 aromatic carbocycles. The van der Waals surface area contributed by atoms with Crippen molar-refractivity contribution in [2.24, 2.45) is 0 Å². The van der Waals surface area contributed by atoms with Crippen molar-refractivity contribution < 1.29 is 14.4 Å². The summed E-state index contributed by atoms with van der Waals surface area (Å²) >= 11 is 0. The van der Waals surface area contributed by atoms with Gasteiger partial charge in [0.2, 0.25) is 5.91 Å². The van der Waals surface area contributed by atoms with Crippen molar-refractivity contribution in [2.75, 3.05) is 11.9 Å². The standard InChI is InChI=1S/C18H18N4O3/c1-12-8-9-14(19-10-12)20-15(23)11-22-16(24)18(2,21-17(22)25)13-6-4-3-5-7-13/h3-10H,11H2,1-2H3,(H,21,25)(H,19,20,23). The summed E-state index contributed by atoms with van der Waals surface area (Å²) in [7, 11) is 0. The molecule has 1 fully saturated rings. The van der Waals surface area contributed by atoms with Crippen LogP contribution in [-0.2, 0) is 15.1 Å². The number of hydrogen-bond acceptors (Lipinski definition) is 4. The molecule has 2 N–H and O–H groups in total. The summed E-state index contributed by atoms with van der Waals surface area (Å²) in [5.74, 6) is -0.582. The molecular formula is C18H18N4O3. The largest absolute Gasteiger partial charge is 0.325 e. The summed E-state index contributed by atoms with van der Waals surface area (Å²) in [4.78, 5) is 42.1. The van der Waals surface area contributed by atoms with Crippen molar-refractivity contribution in [3.05, 3.63) is 59.8 Å². The van der Waals surface area contributed by atoms with Crippen LogP contribution in [0.25, 0.3) is 0 Å². The SMILES string of the molecule is Cc1ccc(NC(=O)CN2C(=O)NC(C)(c3ccccc3)C2=O)nc1. The maximum absolute atomic E-state index is 12.7. The molecule has 1 aliphatic heterocycles. The first kappa shape index (κ1) is 16.6. The highest BCUT2D eigenvalue weighted by Crippen LogP contribution is 2.28. The van der Waals surface area contributed by atoms with E-state index in [0.29, 0.717) is 11.4 Å². The molecule has 2 aromatic rings. The maximum atomic E-state index is 12.7. The van der Waals surface area contributed by atoms with Crippen LogP contribution in [0.15, 0.2) is 48.7 Å². The minimum Gasteiger partial charge on any atom is -0.319 e. The van der Waals surface area contributed by atoms with Gasteiger partial charge in [-0.05, 0) is 31.0 Å². The Labute approximate surface area is 145 Å². The molecule has 0 bridgehead atoms. The number of amides is 4. The van der Waals surface area contributed by atoms with E-state index in [-0.39, 0.29) is 6.54 Å². The van der Waals surface area contributed by atoms with Crippen LogP contribution in [0.1, 0.15) is 18.1 Å². The molecule has 2 heterocycles. The Hall–Kier alpha value is -3.22. The van der Waals surface area contributed by atoms with Gasteiger partial charge >= 0.3 is 6.03 Å². The van der Waals surface area contributed by atoms with E-state index >= 15 is 0 Å². The molecule has 25 heavy (non-hydrogen) atoms. The van der Waals surface area contributed by atoms with Crippen LogP contribution in [-0.4, -0.2) is 34.3 Å². The molecule has 1 unspecified atom stereocenters. The third-order valence-electron chi connectivity index (χ3n) is 4.11. The third-order valence-corrected chi connectivity index (χ3v) is 4.11. The van der Waals surface area contributed by atoms with Crippen LogP contribution in [0, 0.1) is 6.92 Å². The number of benzene rings is 1. The molecule has 128 valence electrons. The van der Waals surface area contributed by atoms with Gasteiger partial charge in [-0.3, -0.25) is 14.5 Å². The number of rotatable bonds is 4. The van der Waals surface area contributed by atoms with Gasteiger partial charge in [-0.25, -0.2) is 9.78 Å². The average Bonchev–Trinajstić information content (AvgIpc) is 2.82. The number of aryl methyl sites for hydroxylation is 1. The summed E-state index contributed by atoms with van der Waals surface area (Å²) in [6.07, 6.45) is 1.62. The summed E-state index contributed by atoms with van der Waals surface area (Å²) in [5, 5.41) is 5.25. The molecule has 0 spiro atoms. The molecule has 1 saturated heterocycles. The molecule has 1 aromatic heterocycles. The number of pyridine rings is 1. The highest BCUT2D eigenvalue weighted by molar-refractivity contribution is 6.10. The minimum absolute atomic E-state index is 0.369. The Balaban J connectivity index is 1.72. The van der Waals surface area contributed by atoms with Gasteiger partial charge in [-0.1, -0.05) is 36.4 Å². The lowest BCUT2D eigenvalue weighted by molar-refractivity contribution is -0.133. The number of carbonyl (C=O) groups is 3. The Kier molecular flexibility index (Phi) is 4.22. The van der Waals surface area contributed by atoms with Gasteiger partial charge in [0.25, 0.3) is 5.91 Å². The molecular weight excluding hydrogens is 320 g/mol. The predicted molar refractivity (Wildman–Crippen MR) is 91.6 cm³/mol. The van der Waals surface area contributed by atoms with Crippen molar-refractivity contribution in [3.8, 4) is 0 Å². The second kappa shape index (κ2) is 6.35. The summed E-state index contributed by atoms with van der Waals surface area (Å²) in [5.41, 5.74) is 0.447. The van der Waals surface area contributed by atoms with Crippen LogP contribution in [0.4, 0.5) is 10.6 Å². The zero-order valence-corrected chi connectivity index (χ0v) is 13.9. The molecule has 4 amide bonds. The molecule has 0 aliphatic carbocycles. The van der Waals surface area contributed by atoms with Crippen molar-refractivity contribution >= 4 is 23.7 Å². The van der Waals surface area contributed by atoms with E-state index in [9.17, 15) is 14.4 Å². The van der Waals surface area contributed by atoms with E-state index in [1.165, 1.54) is 0 Å². The quantitative estimate of drug-likeness (QED) is 0.832. The van der Waals surface area contributed by atoms with Gasteiger partial charge in [-0.15, -0.1) is 0 Å². The van der Waals surface area contributed by atoms with Crippen LogP contribution < -0.4 is 10.6 Å². The van der Waals surface area contributed by atoms with Crippen molar-refractivity contribution in [3.63, 3.8) is 0 Å². The molecule has 1 aliphatic rings. The normalized spacial score (nSPS) is 19.7. The highest BCUT2D eigenvalue weighted by Gasteiger charge is 2.49. The Morgan fingerprint density at radius 3 is 2.56 bits per heavy atom. The van der Waals surface area contributed by atoms with Crippen LogP contribution >= 0.6 is 0 Å². The van der Waals surface area contributed by atoms with Crippen LogP contribution in [0.2, 0.25) is 0 Å². The van der Waals surface area contributed by atoms with E-state index in [4.69, 9.17) is 0 Å². The van der Waals surface area contributed by atoms with Gasteiger partial charge in [0.15, 0.2) is 0 Å². The Morgan fingerprint density at radius 2 is 1.92 bits per heavy atom. The van der Waals surface area contributed by atoms with E-state index in [0.717, 1.165) is 10.5 Å². The topological polar surface area (TPSA) is 91.4 Å². The van der Waals surface area contributed by atoms with Gasteiger partial charge in [0, 0.05) is 6.20 Å². The maximum Gasteiger partial charge on any atom is 0.325 e. The number of nitrogens with zero attached hydrogens (tertiary/aromatic N) is 2. The number of imide groups is 1. The fourth-order valence-electron chi connectivity index (χ4n) is 2.68. The lowest BCUT2D eigenvalue weighted by Gasteiger charge is -2.22. The lowest BCUT2D eigenvalue weighted by atomic mass is 9.92. The number of hydrogen-bond donors (Lipinski definition) is 2. The van der Waals surface area contributed by atoms with E-state index in [1.807, 2.05) is 19.1 Å². The number of carbonyl (C=O) groups excluding carboxylic acids is 3. The molecule has 1 atom stereocenters. The minimum atomic E-state index is -1.18. The van der Waals surface area contributed by atoms with Crippen LogP contribution in [0.3, 0.4) is 0 Å². The first-order valence-corrected chi connectivity index (χ1v) is 7.82. The van der Waals surface area contributed by atoms with E-state index in [1.54, 1.807) is 43.5 Å². The molecule has 7 heteroatoms. The van der Waals surface area contributed by atoms with Gasteiger partial charge in [0.1, 0.15) is 17.9 Å². The molecule has 7 nitrogen and oxygen atoms in total. The number of anilines is 1. The summed E-state index contributed by atoms with van der Waals surface area (Å²) in [6, 6.07) is 11.8. The highest BCUT2D eigenvalue weighted by atomic mass is 16.2. The fourth-order valence-corrected chi connectivity index (χ4v) is 2.68. The summed E-state index contributed by atoms with van der Waals surface area (Å²) < 4.78 is 0. The molecule has 0 radical (unpaired) electrons. The smallest absolute Gasteiger partial charge is 0.319 e. The van der Waals surface area contributed by atoms with Crippen molar-refractivity contribution in [1.82, 2.24) is 15.2 Å². The van der Waals surface area contributed by atoms with E-state index in [2.05, 4.69) is 15.6 Å². The van der Waals surface area contributed by atoms with Crippen molar-refractivity contribution in [2.45, 2.75) is 19.4 Å². The second-order valence-electron chi connectivity index (χ2n) is 6.08. The second-order valence-corrected chi connectivity index (χ2v) is 6.08. The molecule has 0 saturated carbocycles. The van der Waals surface area contributed by atoms with Gasteiger partial charge in [0.05, 0.1) is 0 Å². The third kappa shape index (κ3) is 3.21. The first-order chi connectivity index (χ1) is 11.9. The Morgan fingerprint density at radius 1 is 1.20 bits per heavy atom. The summed E-state index contributed by atoms with van der Waals surface area (Å²) in [6.45, 7) is 3.14. The number of aromatic nitrogens is 1. The van der Waals surface area contributed by atoms with E-state index < -0.39 is 23.4 Å². The van der Waals surface area contributed by atoms with Crippen molar-refractivity contribution in [1.29, 1.82) is 0 Å². The van der Waals surface area contributed by atoms with Crippen LogP contribution in [0.5, 0.6) is 0 Å². The zero-order chi connectivity index (χ0) is 18.0. The predicted octanol–water partition coefficient (Wildman–Crippen LogP) is 1.80. The lowest BCUT2D eigenvalue weighted by Crippen LogP contribution is -2.42. The fraction of sp³-hybridized carbons (Fsp3) is 0.222. The zero-order valence-electron chi connectivity index (χ0n) is 13.9. The Bertz CT molecular complexity index is 820. The average molecular weight is 338 g/mol. The first-order valence-electron chi connectivity index (χ1n) is 7.82. The number of urea groups is 1. The number of nitrogens with one attached hydrogen (secondary N) is 2. The van der Waals surface area contributed by atoms with Gasteiger partial charge < -0.3 is 10.6 Å². The van der Waals surface area contributed by atoms with Gasteiger partial charge in [-0.2, -0.15) is 0 Å². The monoisotopic (exact) mass is 338 g/mol. The molecule has 3 rings (SSSR count).